The van der Waals surface area contributed by atoms with Crippen molar-refractivity contribution in [2.45, 2.75) is 26.0 Å². The van der Waals surface area contributed by atoms with E-state index in [4.69, 9.17) is 4.74 Å². The Morgan fingerprint density at radius 1 is 1.00 bits per heavy atom. The fourth-order valence-electron chi connectivity index (χ4n) is 4.03. The van der Waals surface area contributed by atoms with E-state index in [9.17, 15) is 4.79 Å². The van der Waals surface area contributed by atoms with Crippen LogP contribution in [0.3, 0.4) is 0 Å². The number of nitrogens with one attached hydrogen (secondary N) is 1. The first kappa shape index (κ1) is 19.5. The van der Waals surface area contributed by atoms with Crippen LogP contribution in [0.25, 0.3) is 10.8 Å². The predicted octanol–water partition coefficient (Wildman–Crippen LogP) is 4.98. The van der Waals surface area contributed by atoms with Crippen molar-refractivity contribution in [1.82, 2.24) is 10.2 Å². The van der Waals surface area contributed by atoms with Crippen LogP contribution in [0, 0.1) is 5.92 Å². The fourth-order valence-corrected chi connectivity index (χ4v) is 4.03. The van der Waals surface area contributed by atoms with Gasteiger partial charge >= 0.3 is 6.03 Å². The van der Waals surface area contributed by atoms with E-state index in [1.54, 1.807) is 0 Å². The minimum Gasteiger partial charge on any atom is -0.376 e. The molecular weight excluding hydrogens is 360 g/mol. The molecule has 1 aliphatic heterocycles. The number of fused-ring (bicyclic) bond motifs is 1. The summed E-state index contributed by atoms with van der Waals surface area (Å²) in [6.45, 7) is 3.45. The van der Waals surface area contributed by atoms with Crippen LogP contribution in [0.1, 0.15) is 24.0 Å². The Morgan fingerprint density at radius 2 is 1.79 bits per heavy atom. The summed E-state index contributed by atoms with van der Waals surface area (Å²) in [7, 11) is 0. The molecule has 1 fully saturated rings. The second-order valence-corrected chi connectivity index (χ2v) is 7.75. The van der Waals surface area contributed by atoms with E-state index in [-0.39, 0.29) is 6.03 Å². The lowest BCUT2D eigenvalue weighted by Crippen LogP contribution is -2.46. The highest BCUT2D eigenvalue weighted by Crippen LogP contribution is 2.20. The van der Waals surface area contributed by atoms with Crippen LogP contribution in [0.15, 0.2) is 72.8 Å². The Bertz CT molecular complexity index is 936. The van der Waals surface area contributed by atoms with Gasteiger partial charge in [-0.3, -0.25) is 0 Å². The third kappa shape index (κ3) is 5.15. The molecular formula is C25H28N2O2. The van der Waals surface area contributed by atoms with Crippen molar-refractivity contribution in [3.8, 4) is 0 Å². The van der Waals surface area contributed by atoms with Gasteiger partial charge in [0.15, 0.2) is 0 Å². The molecule has 1 atom stereocenters. The van der Waals surface area contributed by atoms with Gasteiger partial charge in [0, 0.05) is 25.6 Å². The number of carbonyl (C=O) groups excluding carboxylic acids is 1. The zero-order valence-electron chi connectivity index (χ0n) is 16.7. The molecule has 150 valence electrons. The molecule has 1 heterocycles. The summed E-state index contributed by atoms with van der Waals surface area (Å²) in [6.07, 6.45) is 2.14. The number of hydrogen-bond donors (Lipinski definition) is 1. The minimum absolute atomic E-state index is 0.0192. The van der Waals surface area contributed by atoms with Crippen LogP contribution in [-0.2, 0) is 17.9 Å². The summed E-state index contributed by atoms with van der Waals surface area (Å²) in [5, 5.41) is 5.51. The first-order chi connectivity index (χ1) is 14.3. The number of urea groups is 1. The second kappa shape index (κ2) is 9.57. The Labute approximate surface area is 172 Å². The molecule has 0 aromatic heterocycles. The first-order valence-electron chi connectivity index (χ1n) is 10.4. The molecule has 0 bridgehead atoms. The van der Waals surface area contributed by atoms with E-state index in [0.717, 1.165) is 31.5 Å². The smallest absolute Gasteiger partial charge is 0.317 e. The van der Waals surface area contributed by atoms with Gasteiger partial charge in [-0.15, -0.1) is 0 Å². The summed E-state index contributed by atoms with van der Waals surface area (Å²) < 4.78 is 5.91. The van der Waals surface area contributed by atoms with Gasteiger partial charge in [0.25, 0.3) is 0 Å². The third-order valence-electron chi connectivity index (χ3n) is 5.58. The van der Waals surface area contributed by atoms with Crippen LogP contribution < -0.4 is 5.32 Å². The van der Waals surface area contributed by atoms with Crippen molar-refractivity contribution >= 4 is 16.8 Å². The van der Waals surface area contributed by atoms with Gasteiger partial charge in [0.2, 0.25) is 0 Å². The van der Waals surface area contributed by atoms with Crippen molar-refractivity contribution in [3.63, 3.8) is 0 Å². The summed E-state index contributed by atoms with van der Waals surface area (Å²) in [4.78, 5) is 14.7. The maximum absolute atomic E-state index is 12.7. The van der Waals surface area contributed by atoms with E-state index in [2.05, 4.69) is 41.7 Å². The van der Waals surface area contributed by atoms with Crippen molar-refractivity contribution in [2.75, 3.05) is 19.7 Å². The largest absolute Gasteiger partial charge is 0.376 e. The molecule has 0 radical (unpaired) electrons. The number of nitrogens with zero attached hydrogens (tertiary/aromatic N) is 1. The fraction of sp³-hybridized carbons (Fsp3) is 0.320. The van der Waals surface area contributed by atoms with Crippen LogP contribution in [0.4, 0.5) is 4.79 Å². The Kier molecular flexibility index (Phi) is 6.42. The molecule has 0 spiro atoms. The topological polar surface area (TPSA) is 41.6 Å². The maximum Gasteiger partial charge on any atom is 0.317 e. The average molecular weight is 389 g/mol. The van der Waals surface area contributed by atoms with Gasteiger partial charge in [0.1, 0.15) is 0 Å². The molecule has 4 nitrogen and oxygen atoms in total. The number of ether oxygens (including phenoxy) is 1. The Hall–Kier alpha value is -2.85. The van der Waals surface area contributed by atoms with Gasteiger partial charge in [-0.1, -0.05) is 72.8 Å². The van der Waals surface area contributed by atoms with Crippen molar-refractivity contribution in [2.24, 2.45) is 5.92 Å². The molecule has 1 N–H and O–H groups in total. The molecule has 4 heteroatoms. The molecule has 29 heavy (non-hydrogen) atoms. The van der Waals surface area contributed by atoms with Gasteiger partial charge < -0.3 is 15.0 Å². The number of piperidine rings is 1. The summed E-state index contributed by atoms with van der Waals surface area (Å²) in [6, 6.07) is 24.8. The first-order valence-corrected chi connectivity index (χ1v) is 10.4. The lowest BCUT2D eigenvalue weighted by Gasteiger charge is -2.32. The number of rotatable bonds is 6. The van der Waals surface area contributed by atoms with Crippen LogP contribution in [0.5, 0.6) is 0 Å². The van der Waals surface area contributed by atoms with E-state index < -0.39 is 0 Å². The van der Waals surface area contributed by atoms with Crippen molar-refractivity contribution in [1.29, 1.82) is 0 Å². The van der Waals surface area contributed by atoms with Crippen LogP contribution >= 0.6 is 0 Å². The third-order valence-corrected chi connectivity index (χ3v) is 5.58. The Morgan fingerprint density at radius 3 is 2.69 bits per heavy atom. The zero-order valence-corrected chi connectivity index (χ0v) is 16.7. The SMILES string of the molecule is O=C(NCc1cccc2ccccc12)N1CCCC(COCc2ccccc2)C1. The molecule has 1 unspecified atom stereocenters. The quantitative estimate of drug-likeness (QED) is 0.647. The van der Waals surface area contributed by atoms with E-state index in [0.29, 0.717) is 25.7 Å². The van der Waals surface area contributed by atoms with Crippen molar-refractivity contribution in [3.05, 3.63) is 83.9 Å². The van der Waals surface area contributed by atoms with E-state index >= 15 is 0 Å². The van der Waals surface area contributed by atoms with E-state index in [1.807, 2.05) is 41.3 Å². The lowest BCUT2D eigenvalue weighted by atomic mass is 9.99. The summed E-state index contributed by atoms with van der Waals surface area (Å²) in [5.74, 6) is 0.399. The highest BCUT2D eigenvalue weighted by molar-refractivity contribution is 5.86. The van der Waals surface area contributed by atoms with Crippen LogP contribution in [0.2, 0.25) is 0 Å². The number of hydrogen-bond acceptors (Lipinski definition) is 2. The molecule has 0 aliphatic carbocycles. The molecule has 2 amide bonds. The van der Waals surface area contributed by atoms with Crippen LogP contribution in [-0.4, -0.2) is 30.6 Å². The standard InChI is InChI=1S/C25H28N2O2/c28-25(26-16-23-13-6-12-22-11-4-5-14-24(22)23)27-15-7-10-21(17-27)19-29-18-20-8-2-1-3-9-20/h1-6,8-9,11-14,21H,7,10,15-19H2,(H,26,28). The van der Waals surface area contributed by atoms with Gasteiger partial charge in [-0.25, -0.2) is 4.79 Å². The zero-order chi connectivity index (χ0) is 19.9. The monoisotopic (exact) mass is 388 g/mol. The minimum atomic E-state index is 0.0192. The van der Waals surface area contributed by atoms with Gasteiger partial charge in [-0.05, 0) is 34.7 Å². The Balaban J connectivity index is 1.27. The maximum atomic E-state index is 12.7. The second-order valence-electron chi connectivity index (χ2n) is 7.75. The normalized spacial score (nSPS) is 16.7. The molecule has 3 aromatic carbocycles. The van der Waals surface area contributed by atoms with E-state index in [1.165, 1.54) is 16.3 Å². The number of benzene rings is 3. The molecule has 0 saturated carbocycles. The number of amides is 2. The van der Waals surface area contributed by atoms with Gasteiger partial charge in [-0.2, -0.15) is 0 Å². The average Bonchev–Trinajstić information content (AvgIpc) is 2.78. The number of likely N-dealkylation sites (tertiary alicyclic amines) is 1. The molecule has 1 saturated heterocycles. The molecule has 4 rings (SSSR count). The lowest BCUT2D eigenvalue weighted by molar-refractivity contribution is 0.0590. The number of carbonyl (C=O) groups is 1. The van der Waals surface area contributed by atoms with Gasteiger partial charge in [0.05, 0.1) is 13.2 Å². The molecule has 1 aliphatic rings. The van der Waals surface area contributed by atoms with Crippen molar-refractivity contribution < 1.29 is 9.53 Å². The highest BCUT2D eigenvalue weighted by atomic mass is 16.5. The highest BCUT2D eigenvalue weighted by Gasteiger charge is 2.23. The molecule has 3 aromatic rings. The summed E-state index contributed by atoms with van der Waals surface area (Å²) in [5.41, 5.74) is 2.34. The predicted molar refractivity (Wildman–Crippen MR) is 117 cm³/mol. The summed E-state index contributed by atoms with van der Waals surface area (Å²) >= 11 is 0.